The fraction of sp³-hybridized carbons (Fsp3) is 0.318. The predicted octanol–water partition coefficient (Wildman–Crippen LogP) is 1.77. The van der Waals surface area contributed by atoms with Crippen LogP contribution in [0, 0.1) is 0 Å². The van der Waals surface area contributed by atoms with Crippen LogP contribution in [0.25, 0.3) is 22.3 Å². The maximum atomic E-state index is 13.0. The molecule has 0 radical (unpaired) electrons. The van der Waals surface area contributed by atoms with Crippen LogP contribution in [0.2, 0.25) is 0 Å². The van der Waals surface area contributed by atoms with Gasteiger partial charge in [-0.3, -0.25) is 4.79 Å². The molecule has 1 fully saturated rings. The highest BCUT2D eigenvalue weighted by molar-refractivity contribution is 5.95. The number of aliphatic hydroxyl groups is 1. The number of nitrogens with two attached hydrogens (primary N) is 1. The Hall–Kier alpha value is -3.79. The van der Waals surface area contributed by atoms with Gasteiger partial charge in [-0.1, -0.05) is 23.4 Å². The summed E-state index contributed by atoms with van der Waals surface area (Å²) < 4.78 is 8.56. The monoisotopic (exact) mass is 433 g/mol. The van der Waals surface area contributed by atoms with E-state index < -0.39 is 5.60 Å². The van der Waals surface area contributed by atoms with Gasteiger partial charge in [0.05, 0.1) is 31.5 Å². The molecule has 4 aromatic rings. The van der Waals surface area contributed by atoms with E-state index >= 15 is 0 Å². The van der Waals surface area contributed by atoms with Gasteiger partial charge in [0.1, 0.15) is 22.7 Å². The molecule has 10 nitrogen and oxygen atoms in total. The number of benzene rings is 1. The van der Waals surface area contributed by atoms with Crippen molar-refractivity contribution in [2.24, 2.45) is 0 Å². The number of rotatable bonds is 6. The molecule has 3 heterocycles. The molecule has 0 amide bonds. The van der Waals surface area contributed by atoms with Gasteiger partial charge >= 0.3 is 0 Å². The number of anilines is 1. The Morgan fingerprint density at radius 2 is 2.06 bits per heavy atom. The summed E-state index contributed by atoms with van der Waals surface area (Å²) in [5.74, 6) is 0.686. The van der Waals surface area contributed by atoms with E-state index in [0.29, 0.717) is 41.1 Å². The highest BCUT2D eigenvalue weighted by atomic mass is 16.5. The molecular formula is C22H23N7O3. The summed E-state index contributed by atoms with van der Waals surface area (Å²) in [6, 6.07) is 8.79. The van der Waals surface area contributed by atoms with Gasteiger partial charge in [0.2, 0.25) is 5.95 Å². The molecule has 1 aliphatic rings. The molecule has 0 unspecified atom stereocenters. The Morgan fingerprint density at radius 3 is 2.81 bits per heavy atom. The third kappa shape index (κ3) is 3.38. The molecule has 1 atom stereocenters. The predicted molar refractivity (Wildman–Crippen MR) is 118 cm³/mol. The van der Waals surface area contributed by atoms with Crippen LogP contribution in [0.3, 0.4) is 0 Å². The van der Waals surface area contributed by atoms with Crippen molar-refractivity contribution in [3.8, 4) is 17.1 Å². The highest BCUT2D eigenvalue weighted by Crippen LogP contribution is 2.44. The van der Waals surface area contributed by atoms with Crippen LogP contribution in [-0.4, -0.2) is 47.3 Å². The van der Waals surface area contributed by atoms with Gasteiger partial charge < -0.3 is 20.1 Å². The number of hydrogen-bond acceptors (Lipinski definition) is 8. The SMILES string of the molecule is COc1cccc2c(-c3cn(Cc4cccn([C@@H](C)C5(O)CC5)c4=O)nn3)nc(N)nc12. The second kappa shape index (κ2) is 7.41. The lowest BCUT2D eigenvalue weighted by Gasteiger charge is -2.21. The first-order chi connectivity index (χ1) is 15.4. The van der Waals surface area contributed by atoms with Crippen LogP contribution in [0.1, 0.15) is 31.4 Å². The molecule has 0 spiro atoms. The molecule has 10 heteroatoms. The molecule has 164 valence electrons. The van der Waals surface area contributed by atoms with Crippen LogP contribution in [0.4, 0.5) is 5.95 Å². The van der Waals surface area contributed by atoms with Crippen LogP contribution in [0.15, 0.2) is 47.5 Å². The lowest BCUT2D eigenvalue weighted by molar-refractivity contribution is 0.0937. The van der Waals surface area contributed by atoms with Crippen molar-refractivity contribution < 1.29 is 9.84 Å². The Labute approximate surface area is 183 Å². The summed E-state index contributed by atoms with van der Waals surface area (Å²) in [6.45, 7) is 2.10. The molecule has 1 aromatic carbocycles. The van der Waals surface area contributed by atoms with Gasteiger partial charge in [0.25, 0.3) is 5.56 Å². The molecule has 0 bridgehead atoms. The fourth-order valence-electron chi connectivity index (χ4n) is 3.95. The zero-order valence-electron chi connectivity index (χ0n) is 17.8. The van der Waals surface area contributed by atoms with E-state index in [1.165, 1.54) is 0 Å². The summed E-state index contributed by atoms with van der Waals surface area (Å²) in [5.41, 5.74) is 7.16. The largest absolute Gasteiger partial charge is 0.494 e. The molecule has 32 heavy (non-hydrogen) atoms. The number of fused-ring (bicyclic) bond motifs is 1. The number of aromatic nitrogens is 6. The Kier molecular flexibility index (Phi) is 4.66. The molecule has 3 aromatic heterocycles. The number of nitrogen functional groups attached to an aromatic ring is 1. The number of methoxy groups -OCH3 is 1. The zero-order chi connectivity index (χ0) is 22.5. The second-order valence-corrected chi connectivity index (χ2v) is 8.11. The summed E-state index contributed by atoms with van der Waals surface area (Å²) in [7, 11) is 1.57. The van der Waals surface area contributed by atoms with Crippen molar-refractivity contribution in [3.05, 3.63) is 58.6 Å². The number of hydrogen-bond donors (Lipinski definition) is 2. The van der Waals surface area contributed by atoms with Gasteiger partial charge in [0, 0.05) is 17.1 Å². The summed E-state index contributed by atoms with van der Waals surface area (Å²) in [6.07, 6.45) is 4.84. The Balaban J connectivity index is 1.49. The molecule has 3 N–H and O–H groups in total. The van der Waals surface area contributed by atoms with Gasteiger partial charge in [-0.25, -0.2) is 14.6 Å². The van der Waals surface area contributed by atoms with E-state index in [2.05, 4.69) is 20.3 Å². The molecule has 1 aliphatic carbocycles. The van der Waals surface area contributed by atoms with Gasteiger partial charge in [-0.2, -0.15) is 0 Å². The van der Waals surface area contributed by atoms with Gasteiger partial charge in [-0.05, 0) is 31.9 Å². The van der Waals surface area contributed by atoms with E-state index in [0.717, 1.165) is 5.39 Å². The van der Waals surface area contributed by atoms with Crippen molar-refractivity contribution in [1.82, 2.24) is 29.5 Å². The normalized spacial score (nSPS) is 15.6. The minimum atomic E-state index is -0.794. The second-order valence-electron chi connectivity index (χ2n) is 8.11. The molecule has 0 aliphatic heterocycles. The average molecular weight is 433 g/mol. The minimum absolute atomic E-state index is 0.101. The lowest BCUT2D eigenvalue weighted by atomic mass is 10.1. The topological polar surface area (TPSA) is 134 Å². The number of para-hydroxylation sites is 1. The van der Waals surface area contributed by atoms with E-state index in [9.17, 15) is 9.90 Å². The molecular weight excluding hydrogens is 410 g/mol. The van der Waals surface area contributed by atoms with Crippen LogP contribution in [0.5, 0.6) is 5.75 Å². The van der Waals surface area contributed by atoms with Crippen LogP contribution < -0.4 is 16.0 Å². The maximum absolute atomic E-state index is 13.0. The molecule has 5 rings (SSSR count). The van der Waals surface area contributed by atoms with E-state index in [4.69, 9.17) is 10.5 Å². The third-order valence-corrected chi connectivity index (χ3v) is 6.05. The maximum Gasteiger partial charge on any atom is 0.255 e. The number of pyridine rings is 1. The van der Waals surface area contributed by atoms with Gasteiger partial charge in [0.15, 0.2) is 0 Å². The van der Waals surface area contributed by atoms with Crippen molar-refractivity contribution in [2.45, 2.75) is 38.0 Å². The lowest BCUT2D eigenvalue weighted by Crippen LogP contribution is -2.33. The van der Waals surface area contributed by atoms with Crippen molar-refractivity contribution in [3.63, 3.8) is 0 Å². The first kappa shape index (κ1) is 20.1. The number of ether oxygens (including phenoxy) is 1. The fourth-order valence-corrected chi connectivity index (χ4v) is 3.95. The van der Waals surface area contributed by atoms with E-state index in [1.807, 2.05) is 25.1 Å². The smallest absolute Gasteiger partial charge is 0.255 e. The Bertz CT molecular complexity index is 1370. The highest BCUT2D eigenvalue weighted by Gasteiger charge is 2.46. The molecule has 0 saturated heterocycles. The average Bonchev–Trinajstić information content (AvgIpc) is 3.37. The van der Waals surface area contributed by atoms with Crippen LogP contribution >= 0.6 is 0 Å². The van der Waals surface area contributed by atoms with Gasteiger partial charge in [-0.15, -0.1) is 5.10 Å². The third-order valence-electron chi connectivity index (χ3n) is 6.05. The number of nitrogens with zero attached hydrogens (tertiary/aromatic N) is 6. The van der Waals surface area contributed by atoms with Crippen molar-refractivity contribution in [2.75, 3.05) is 12.8 Å². The zero-order valence-corrected chi connectivity index (χ0v) is 17.8. The minimum Gasteiger partial charge on any atom is -0.494 e. The standard InChI is InChI=1S/C22H23N7O3/c1-13(22(31)8-9-22)29-10-4-5-14(20(29)30)11-28-12-16(26-27-28)18-15-6-3-7-17(32-2)19(15)25-21(23)24-18/h3-7,10,12-13,31H,8-9,11H2,1-2H3,(H2,23,24,25)/t13-/m0/s1. The van der Waals surface area contributed by atoms with Crippen molar-refractivity contribution >= 4 is 16.9 Å². The summed E-state index contributed by atoms with van der Waals surface area (Å²) >= 11 is 0. The van der Waals surface area contributed by atoms with Crippen molar-refractivity contribution in [1.29, 1.82) is 0 Å². The first-order valence-electron chi connectivity index (χ1n) is 10.3. The van der Waals surface area contributed by atoms with Crippen LogP contribution in [-0.2, 0) is 6.54 Å². The quantitative estimate of drug-likeness (QED) is 0.470. The summed E-state index contributed by atoms with van der Waals surface area (Å²) in [4.78, 5) is 21.6. The summed E-state index contributed by atoms with van der Waals surface area (Å²) in [5, 5.41) is 19.6. The van der Waals surface area contributed by atoms with E-state index in [1.54, 1.807) is 40.9 Å². The molecule has 1 saturated carbocycles. The Morgan fingerprint density at radius 1 is 1.25 bits per heavy atom. The van der Waals surface area contributed by atoms with E-state index in [-0.39, 0.29) is 24.1 Å². The first-order valence-corrected chi connectivity index (χ1v) is 10.3.